The zero-order valence-corrected chi connectivity index (χ0v) is 18.4. The molecule has 0 spiro atoms. The number of carbonyl (C=O) groups is 1. The van der Waals surface area contributed by atoms with Crippen LogP contribution in [-0.2, 0) is 18.3 Å². The van der Waals surface area contributed by atoms with Crippen LogP contribution in [0.25, 0.3) is 10.7 Å². The Labute approximate surface area is 186 Å². The summed E-state index contributed by atoms with van der Waals surface area (Å²) < 4.78 is 7.19. The lowest BCUT2D eigenvalue weighted by Crippen LogP contribution is -2.12. The second-order valence-electron chi connectivity index (χ2n) is 6.45. The van der Waals surface area contributed by atoms with Gasteiger partial charge in [-0.2, -0.15) is 4.98 Å². The third-order valence-corrected chi connectivity index (χ3v) is 6.45. The van der Waals surface area contributed by atoms with Gasteiger partial charge in [0, 0.05) is 42.2 Å². The van der Waals surface area contributed by atoms with E-state index in [9.17, 15) is 4.79 Å². The summed E-state index contributed by atoms with van der Waals surface area (Å²) in [7, 11) is 1.92. The maximum atomic E-state index is 12.5. The third-order valence-electron chi connectivity index (χ3n) is 4.20. The molecule has 3 heterocycles. The molecule has 4 aromatic rings. The molecule has 154 valence electrons. The lowest BCUT2D eigenvalue weighted by Gasteiger charge is -2.11. The van der Waals surface area contributed by atoms with Crippen molar-refractivity contribution >= 4 is 46.3 Å². The first-order chi connectivity index (χ1) is 14.6. The molecule has 1 aromatic carbocycles. The van der Waals surface area contributed by atoms with E-state index >= 15 is 0 Å². The minimum absolute atomic E-state index is 0.100. The van der Waals surface area contributed by atoms with Gasteiger partial charge in [-0.25, -0.2) is 4.98 Å². The molecule has 3 aromatic heterocycles. The number of anilines is 1. The Balaban J connectivity index is 1.34. The predicted molar refractivity (Wildman–Crippen MR) is 118 cm³/mol. The molecule has 0 saturated heterocycles. The number of nitrogens with one attached hydrogen (secondary N) is 1. The largest absolute Gasteiger partial charge is 0.339 e. The van der Waals surface area contributed by atoms with Gasteiger partial charge in [0.2, 0.25) is 17.6 Å². The molecule has 0 radical (unpaired) electrons. The highest BCUT2D eigenvalue weighted by molar-refractivity contribution is 7.99. The van der Waals surface area contributed by atoms with E-state index in [4.69, 9.17) is 16.1 Å². The Hall–Kier alpha value is -2.62. The van der Waals surface area contributed by atoms with Crippen LogP contribution < -0.4 is 5.32 Å². The molecule has 0 bridgehead atoms. The quantitative estimate of drug-likeness (QED) is 0.385. The van der Waals surface area contributed by atoms with Crippen LogP contribution in [0, 0.1) is 0 Å². The van der Waals surface area contributed by atoms with Gasteiger partial charge in [0.1, 0.15) is 0 Å². The average molecular weight is 460 g/mol. The molecule has 0 aliphatic rings. The van der Waals surface area contributed by atoms with Crippen molar-refractivity contribution in [2.75, 3.05) is 5.32 Å². The Morgan fingerprint density at radius 3 is 3.03 bits per heavy atom. The van der Waals surface area contributed by atoms with Crippen molar-refractivity contribution in [1.29, 1.82) is 0 Å². The normalized spacial score (nSPS) is 11.0. The molecule has 4 rings (SSSR count). The number of carbonyl (C=O) groups excluding carboxylic acids is 1. The van der Waals surface area contributed by atoms with Gasteiger partial charge in [-0.1, -0.05) is 22.8 Å². The van der Waals surface area contributed by atoms with E-state index in [1.165, 1.54) is 11.8 Å². The number of amides is 1. The molecule has 0 aliphatic heterocycles. The highest BCUT2D eigenvalue weighted by Crippen LogP contribution is 2.34. The summed E-state index contributed by atoms with van der Waals surface area (Å²) in [5.74, 6) is 1.01. The van der Waals surface area contributed by atoms with Gasteiger partial charge in [0.05, 0.1) is 10.6 Å². The van der Waals surface area contributed by atoms with Crippen LogP contribution in [-0.4, -0.2) is 25.6 Å². The SMILES string of the molecule is Cn1ccnc1Sc1ccc(Cl)cc1NC(=O)CCCc1nc(-c2cccs2)no1. The molecule has 0 fully saturated rings. The second-order valence-corrected chi connectivity index (χ2v) is 8.85. The number of rotatable bonds is 8. The number of nitrogens with zero attached hydrogens (tertiary/aromatic N) is 4. The van der Waals surface area contributed by atoms with Crippen LogP contribution >= 0.6 is 34.7 Å². The highest BCUT2D eigenvalue weighted by Gasteiger charge is 2.13. The van der Waals surface area contributed by atoms with Crippen LogP contribution in [0.2, 0.25) is 5.02 Å². The first kappa shape index (κ1) is 20.6. The van der Waals surface area contributed by atoms with Crippen molar-refractivity contribution in [2.45, 2.75) is 29.3 Å². The van der Waals surface area contributed by atoms with Gasteiger partial charge in [-0.15, -0.1) is 11.3 Å². The molecule has 0 saturated carbocycles. The number of hydrogen-bond acceptors (Lipinski definition) is 7. The smallest absolute Gasteiger partial charge is 0.226 e. The molecular weight excluding hydrogens is 442 g/mol. The van der Waals surface area contributed by atoms with E-state index in [0.29, 0.717) is 41.7 Å². The number of aryl methyl sites for hydroxylation is 2. The summed E-state index contributed by atoms with van der Waals surface area (Å²) in [6.45, 7) is 0. The zero-order chi connectivity index (χ0) is 20.9. The minimum atomic E-state index is -0.100. The first-order valence-corrected chi connectivity index (χ1v) is 11.3. The number of benzene rings is 1. The summed E-state index contributed by atoms with van der Waals surface area (Å²) in [5.41, 5.74) is 0.665. The van der Waals surface area contributed by atoms with Crippen molar-refractivity contribution in [1.82, 2.24) is 19.7 Å². The zero-order valence-electron chi connectivity index (χ0n) is 16.0. The number of aromatic nitrogens is 4. The number of halogens is 1. The Bertz CT molecular complexity index is 1140. The average Bonchev–Trinajstić information content (AvgIpc) is 3.47. The molecule has 10 heteroatoms. The highest BCUT2D eigenvalue weighted by atomic mass is 35.5. The molecular formula is C20H18ClN5O2S2. The fraction of sp³-hybridized carbons (Fsp3) is 0.200. The monoisotopic (exact) mass is 459 g/mol. The lowest BCUT2D eigenvalue weighted by atomic mass is 10.2. The topological polar surface area (TPSA) is 85.8 Å². The summed E-state index contributed by atoms with van der Waals surface area (Å²) >= 11 is 9.16. The van der Waals surface area contributed by atoms with Gasteiger partial charge in [0.15, 0.2) is 5.16 Å². The van der Waals surface area contributed by atoms with Crippen LogP contribution in [0.5, 0.6) is 0 Å². The molecule has 1 amide bonds. The van der Waals surface area contributed by atoms with E-state index in [-0.39, 0.29) is 5.91 Å². The maximum Gasteiger partial charge on any atom is 0.226 e. The predicted octanol–water partition coefficient (Wildman–Crippen LogP) is 5.30. The van der Waals surface area contributed by atoms with Gasteiger partial charge >= 0.3 is 0 Å². The summed E-state index contributed by atoms with van der Waals surface area (Å²) in [4.78, 5) is 23.0. The van der Waals surface area contributed by atoms with E-state index in [2.05, 4.69) is 20.4 Å². The van der Waals surface area contributed by atoms with Crippen molar-refractivity contribution in [2.24, 2.45) is 7.05 Å². The molecule has 0 unspecified atom stereocenters. The van der Waals surface area contributed by atoms with Crippen LogP contribution in [0.4, 0.5) is 5.69 Å². The van der Waals surface area contributed by atoms with Crippen LogP contribution in [0.15, 0.2) is 62.7 Å². The number of thiophene rings is 1. The van der Waals surface area contributed by atoms with Crippen LogP contribution in [0.3, 0.4) is 0 Å². The van der Waals surface area contributed by atoms with Crippen molar-refractivity contribution < 1.29 is 9.32 Å². The standard InChI is InChI=1S/C20H18ClN5O2S2/c1-26-10-9-22-20(26)30-15-8-7-13(21)12-14(15)23-17(27)5-2-6-18-24-19(25-28-18)16-4-3-11-29-16/h3-4,7-12H,2,5-6H2,1H3,(H,23,27). The molecule has 0 aliphatic carbocycles. The Morgan fingerprint density at radius 2 is 2.27 bits per heavy atom. The van der Waals surface area contributed by atoms with Gasteiger partial charge in [-0.05, 0) is 47.8 Å². The van der Waals surface area contributed by atoms with E-state index in [1.54, 1.807) is 29.7 Å². The van der Waals surface area contributed by atoms with Gasteiger partial charge in [-0.3, -0.25) is 4.79 Å². The van der Waals surface area contributed by atoms with E-state index in [0.717, 1.165) is 14.9 Å². The van der Waals surface area contributed by atoms with E-state index in [1.807, 2.05) is 41.4 Å². The summed E-state index contributed by atoms with van der Waals surface area (Å²) in [6, 6.07) is 9.30. The summed E-state index contributed by atoms with van der Waals surface area (Å²) in [5, 5.41) is 10.3. The van der Waals surface area contributed by atoms with E-state index < -0.39 is 0 Å². The van der Waals surface area contributed by atoms with Crippen LogP contribution in [0.1, 0.15) is 18.7 Å². The molecule has 1 N–H and O–H groups in total. The minimum Gasteiger partial charge on any atom is -0.339 e. The molecule has 0 atom stereocenters. The van der Waals surface area contributed by atoms with Gasteiger partial charge < -0.3 is 14.4 Å². The van der Waals surface area contributed by atoms with Crippen molar-refractivity contribution in [3.63, 3.8) is 0 Å². The maximum absolute atomic E-state index is 12.5. The fourth-order valence-corrected chi connectivity index (χ4v) is 4.41. The Kier molecular flexibility index (Phi) is 6.51. The first-order valence-electron chi connectivity index (χ1n) is 9.19. The van der Waals surface area contributed by atoms with Gasteiger partial charge in [0.25, 0.3) is 0 Å². The second kappa shape index (κ2) is 9.46. The summed E-state index contributed by atoms with van der Waals surface area (Å²) in [6.07, 6.45) is 5.07. The van der Waals surface area contributed by atoms with Crippen molar-refractivity contribution in [3.8, 4) is 10.7 Å². The lowest BCUT2D eigenvalue weighted by molar-refractivity contribution is -0.116. The Morgan fingerprint density at radius 1 is 1.37 bits per heavy atom. The molecule has 7 nitrogen and oxygen atoms in total. The fourth-order valence-electron chi connectivity index (χ4n) is 2.71. The number of hydrogen-bond donors (Lipinski definition) is 1. The third kappa shape index (κ3) is 5.10. The van der Waals surface area contributed by atoms with Crippen molar-refractivity contribution in [3.05, 3.63) is 59.0 Å². The molecule has 30 heavy (non-hydrogen) atoms. The number of imidazole rings is 1.